The quantitative estimate of drug-likeness (QED) is 0.584. The highest BCUT2D eigenvalue weighted by molar-refractivity contribution is 7.85. The number of methoxy groups -OCH3 is 1. The Bertz CT molecular complexity index is 443. The van der Waals surface area contributed by atoms with E-state index in [1.54, 1.807) is 13.2 Å². The van der Waals surface area contributed by atoms with Crippen molar-refractivity contribution in [2.45, 2.75) is 13.3 Å². The number of hydrogen-bond donors (Lipinski definition) is 2. The number of para-hydroxylation sites is 1. The predicted octanol–water partition coefficient (Wildman–Crippen LogP) is 1.30. The number of carbonyl (C=O) groups is 1. The van der Waals surface area contributed by atoms with Gasteiger partial charge in [-0.1, -0.05) is 12.1 Å². The van der Waals surface area contributed by atoms with E-state index in [2.05, 4.69) is 5.32 Å². The summed E-state index contributed by atoms with van der Waals surface area (Å²) in [7, 11) is 0.422. The van der Waals surface area contributed by atoms with Crippen LogP contribution in [0.4, 0.5) is 11.4 Å². The number of ether oxygens (including phenoxy) is 1. The number of nitrogens with two attached hydrogens (primary N) is 1. The molecule has 1 amide bonds. The highest BCUT2D eigenvalue weighted by Crippen LogP contribution is 2.22. The van der Waals surface area contributed by atoms with Gasteiger partial charge in [-0.15, -0.1) is 0 Å². The van der Waals surface area contributed by atoms with Gasteiger partial charge in [-0.3, -0.25) is 9.00 Å². The normalized spacial score (nSPS) is 12.1. The Morgan fingerprint density at radius 3 is 2.84 bits per heavy atom. The largest absolute Gasteiger partial charge is 0.397 e. The number of hydrogen-bond acceptors (Lipinski definition) is 4. The average Bonchev–Trinajstić information content (AvgIpc) is 2.34. The lowest BCUT2D eigenvalue weighted by Crippen LogP contribution is -2.22. The van der Waals surface area contributed by atoms with Crippen LogP contribution in [-0.4, -0.2) is 35.3 Å². The van der Waals surface area contributed by atoms with Gasteiger partial charge in [-0.2, -0.15) is 0 Å². The van der Waals surface area contributed by atoms with E-state index in [0.717, 1.165) is 5.56 Å². The molecule has 0 saturated carbocycles. The van der Waals surface area contributed by atoms with Gasteiger partial charge in [0.2, 0.25) is 5.91 Å². The Hall–Kier alpha value is -1.40. The number of rotatable bonds is 7. The summed E-state index contributed by atoms with van der Waals surface area (Å²) in [5, 5.41) is 2.71. The second-order valence-electron chi connectivity index (χ2n) is 4.22. The topological polar surface area (TPSA) is 81.4 Å². The fourth-order valence-corrected chi connectivity index (χ4v) is 2.57. The van der Waals surface area contributed by atoms with E-state index in [-0.39, 0.29) is 11.7 Å². The molecule has 0 heterocycles. The fourth-order valence-electron chi connectivity index (χ4n) is 1.62. The molecule has 1 unspecified atom stereocenters. The second kappa shape index (κ2) is 7.91. The van der Waals surface area contributed by atoms with Crippen LogP contribution in [0.5, 0.6) is 0 Å². The minimum absolute atomic E-state index is 0.0164. The molecule has 0 radical (unpaired) electrons. The first kappa shape index (κ1) is 15.7. The SMILES string of the molecule is COCCCS(=O)CC(=O)Nc1c(C)cccc1N. The van der Waals surface area contributed by atoms with Crippen molar-refractivity contribution in [3.05, 3.63) is 23.8 Å². The molecule has 0 saturated heterocycles. The zero-order chi connectivity index (χ0) is 14.3. The van der Waals surface area contributed by atoms with Crippen molar-refractivity contribution in [3.63, 3.8) is 0 Å². The summed E-state index contributed by atoms with van der Waals surface area (Å²) in [6.45, 7) is 2.42. The second-order valence-corrected chi connectivity index (χ2v) is 5.80. The molecule has 0 aliphatic rings. The highest BCUT2D eigenvalue weighted by atomic mass is 32.2. The monoisotopic (exact) mass is 284 g/mol. The number of anilines is 2. The molecular formula is C13H20N2O3S. The van der Waals surface area contributed by atoms with E-state index in [1.807, 2.05) is 19.1 Å². The Kier molecular flexibility index (Phi) is 6.52. The molecule has 0 aliphatic carbocycles. The molecule has 0 aromatic heterocycles. The number of nitrogen functional groups attached to an aromatic ring is 1. The first-order valence-corrected chi connectivity index (χ1v) is 7.52. The number of nitrogens with one attached hydrogen (secondary N) is 1. The van der Waals surface area contributed by atoms with Gasteiger partial charge in [-0.25, -0.2) is 0 Å². The molecule has 3 N–H and O–H groups in total. The maximum atomic E-state index is 11.8. The van der Waals surface area contributed by atoms with Crippen LogP contribution in [0.25, 0.3) is 0 Å². The summed E-state index contributed by atoms with van der Waals surface area (Å²) in [6, 6.07) is 5.41. The molecule has 1 atom stereocenters. The first-order chi connectivity index (χ1) is 9.04. The van der Waals surface area contributed by atoms with Crippen LogP contribution in [0.2, 0.25) is 0 Å². The zero-order valence-electron chi connectivity index (χ0n) is 11.3. The van der Waals surface area contributed by atoms with Gasteiger partial charge in [0.1, 0.15) is 5.75 Å². The van der Waals surface area contributed by atoms with Crippen molar-refractivity contribution in [1.82, 2.24) is 0 Å². The lowest BCUT2D eigenvalue weighted by molar-refractivity contribution is -0.113. The predicted molar refractivity (Wildman–Crippen MR) is 78.6 cm³/mol. The summed E-state index contributed by atoms with van der Waals surface area (Å²) >= 11 is 0. The zero-order valence-corrected chi connectivity index (χ0v) is 12.1. The van der Waals surface area contributed by atoms with Gasteiger partial charge >= 0.3 is 0 Å². The van der Waals surface area contributed by atoms with Crippen LogP contribution in [-0.2, 0) is 20.3 Å². The van der Waals surface area contributed by atoms with E-state index in [4.69, 9.17) is 10.5 Å². The van der Waals surface area contributed by atoms with Crippen molar-refractivity contribution >= 4 is 28.1 Å². The van der Waals surface area contributed by atoms with Crippen molar-refractivity contribution in [3.8, 4) is 0 Å². The third-order valence-corrected chi connectivity index (χ3v) is 3.91. The molecule has 1 aromatic carbocycles. The fraction of sp³-hybridized carbons (Fsp3) is 0.462. The van der Waals surface area contributed by atoms with Crippen molar-refractivity contribution in [2.24, 2.45) is 0 Å². The Morgan fingerprint density at radius 1 is 1.47 bits per heavy atom. The maximum Gasteiger partial charge on any atom is 0.237 e. The van der Waals surface area contributed by atoms with Crippen LogP contribution in [0.15, 0.2) is 18.2 Å². The van der Waals surface area contributed by atoms with Crippen LogP contribution in [0, 0.1) is 6.92 Å². The van der Waals surface area contributed by atoms with Crippen LogP contribution < -0.4 is 11.1 Å². The molecule has 0 spiro atoms. The molecular weight excluding hydrogens is 264 g/mol. The minimum atomic E-state index is -1.17. The first-order valence-electron chi connectivity index (χ1n) is 6.03. The van der Waals surface area contributed by atoms with Crippen molar-refractivity contribution in [1.29, 1.82) is 0 Å². The number of amides is 1. The van der Waals surface area contributed by atoms with Crippen molar-refractivity contribution in [2.75, 3.05) is 36.3 Å². The van der Waals surface area contributed by atoms with Crippen LogP contribution in [0.1, 0.15) is 12.0 Å². The van der Waals surface area contributed by atoms with E-state index in [1.165, 1.54) is 0 Å². The Morgan fingerprint density at radius 2 is 2.21 bits per heavy atom. The third kappa shape index (κ3) is 5.40. The Labute approximate surface area is 116 Å². The van der Waals surface area contributed by atoms with E-state index < -0.39 is 10.8 Å². The van der Waals surface area contributed by atoms with Gasteiger partial charge in [0.15, 0.2) is 0 Å². The maximum absolute atomic E-state index is 11.8. The highest BCUT2D eigenvalue weighted by Gasteiger charge is 2.11. The molecule has 0 fully saturated rings. The Balaban J connectivity index is 2.49. The number of aryl methyl sites for hydroxylation is 1. The molecule has 0 aliphatic heterocycles. The third-order valence-electron chi connectivity index (χ3n) is 2.58. The molecule has 0 bridgehead atoms. The number of carbonyl (C=O) groups excluding carboxylic acids is 1. The van der Waals surface area contributed by atoms with E-state index >= 15 is 0 Å². The number of benzene rings is 1. The van der Waals surface area contributed by atoms with E-state index in [9.17, 15) is 9.00 Å². The lowest BCUT2D eigenvalue weighted by Gasteiger charge is -2.10. The molecule has 106 valence electrons. The smallest absolute Gasteiger partial charge is 0.237 e. The summed E-state index contributed by atoms with van der Waals surface area (Å²) in [4.78, 5) is 11.8. The summed E-state index contributed by atoms with van der Waals surface area (Å²) < 4.78 is 16.5. The molecule has 6 heteroatoms. The summed E-state index contributed by atoms with van der Waals surface area (Å²) in [6.07, 6.45) is 0.683. The molecule has 1 aromatic rings. The average molecular weight is 284 g/mol. The van der Waals surface area contributed by atoms with Crippen LogP contribution >= 0.6 is 0 Å². The molecule has 1 rings (SSSR count). The van der Waals surface area contributed by atoms with Gasteiger partial charge in [0.05, 0.1) is 11.4 Å². The lowest BCUT2D eigenvalue weighted by atomic mass is 10.1. The summed E-state index contributed by atoms with van der Waals surface area (Å²) in [5.74, 6) is 0.166. The molecule has 19 heavy (non-hydrogen) atoms. The van der Waals surface area contributed by atoms with E-state index in [0.29, 0.717) is 30.2 Å². The van der Waals surface area contributed by atoms with Gasteiger partial charge in [0, 0.05) is 30.3 Å². The van der Waals surface area contributed by atoms with Gasteiger partial charge in [-0.05, 0) is 25.0 Å². The standard InChI is InChI=1S/C13H20N2O3S/c1-10-5-3-6-11(14)13(10)15-12(16)9-19(17)8-4-7-18-2/h3,5-6H,4,7-9,14H2,1-2H3,(H,15,16). The van der Waals surface area contributed by atoms with Gasteiger partial charge in [0.25, 0.3) is 0 Å². The van der Waals surface area contributed by atoms with Crippen LogP contribution in [0.3, 0.4) is 0 Å². The summed E-state index contributed by atoms with van der Waals surface area (Å²) in [5.41, 5.74) is 7.79. The molecule has 5 nitrogen and oxygen atoms in total. The minimum Gasteiger partial charge on any atom is -0.397 e. The van der Waals surface area contributed by atoms with Crippen molar-refractivity contribution < 1.29 is 13.7 Å². The van der Waals surface area contributed by atoms with Gasteiger partial charge < -0.3 is 15.8 Å².